The molecule has 5 nitrogen and oxygen atoms in total. The largest absolute Gasteiger partial charge is 0.390 e. The average Bonchev–Trinajstić information content (AvgIpc) is 2.38. The summed E-state index contributed by atoms with van der Waals surface area (Å²) in [7, 11) is 0. The van der Waals surface area contributed by atoms with Crippen molar-refractivity contribution in [2.75, 3.05) is 31.5 Å². The molecule has 0 amide bonds. The second kappa shape index (κ2) is 7.20. The number of hydrogen-bond acceptors (Lipinski definition) is 5. The summed E-state index contributed by atoms with van der Waals surface area (Å²) in [6.07, 6.45) is 2.04. The number of β-amino-alcohol motifs (C(OH)–C–C–N with tert-alkyl or cyclic N) is 1. The summed E-state index contributed by atoms with van der Waals surface area (Å²) in [6, 6.07) is 1.67. The quantitative estimate of drug-likeness (QED) is 0.814. The van der Waals surface area contributed by atoms with Crippen LogP contribution in [0.25, 0.3) is 0 Å². The van der Waals surface area contributed by atoms with Crippen LogP contribution in [0.3, 0.4) is 0 Å². The van der Waals surface area contributed by atoms with Crippen LogP contribution in [0.15, 0.2) is 6.07 Å². The molecule has 0 aromatic carbocycles. The maximum Gasteiger partial charge on any atom is 0.134 e. The molecule has 2 rings (SSSR count). The van der Waals surface area contributed by atoms with E-state index in [1.54, 1.807) is 13.0 Å². The van der Waals surface area contributed by atoms with Crippen LogP contribution in [-0.4, -0.2) is 52.3 Å². The van der Waals surface area contributed by atoms with Gasteiger partial charge in [-0.05, 0) is 38.8 Å². The molecular weight excluding hydrogens is 276 g/mol. The van der Waals surface area contributed by atoms with Gasteiger partial charge in [0.2, 0.25) is 0 Å². The number of nitrogens with one attached hydrogen (secondary N) is 1. The number of halogens is 1. The molecule has 0 spiro atoms. The minimum atomic E-state index is -0.405. The Morgan fingerprint density at radius 1 is 1.45 bits per heavy atom. The highest BCUT2D eigenvalue weighted by atomic mass is 35.5. The highest BCUT2D eigenvalue weighted by Gasteiger charge is 2.18. The van der Waals surface area contributed by atoms with Gasteiger partial charge in [-0.15, -0.1) is 0 Å². The first-order chi connectivity index (χ1) is 9.52. The van der Waals surface area contributed by atoms with Crippen molar-refractivity contribution in [2.45, 2.75) is 32.8 Å². The summed E-state index contributed by atoms with van der Waals surface area (Å²) in [5.41, 5.74) is 0. The SMILES string of the molecule is Cc1nc(Cl)cc(NCC(O)CN2CCC(C)CC2)n1. The van der Waals surface area contributed by atoms with Gasteiger partial charge in [0.1, 0.15) is 16.8 Å². The highest BCUT2D eigenvalue weighted by Crippen LogP contribution is 2.16. The van der Waals surface area contributed by atoms with Crippen molar-refractivity contribution in [1.29, 1.82) is 0 Å². The van der Waals surface area contributed by atoms with Crippen molar-refractivity contribution in [1.82, 2.24) is 14.9 Å². The van der Waals surface area contributed by atoms with Crippen LogP contribution in [0, 0.1) is 12.8 Å². The number of aliphatic hydroxyl groups excluding tert-OH is 1. The number of likely N-dealkylation sites (tertiary alicyclic amines) is 1. The molecule has 2 heterocycles. The molecule has 2 N–H and O–H groups in total. The predicted octanol–water partition coefficient (Wildman–Crippen LogP) is 1.94. The van der Waals surface area contributed by atoms with E-state index in [-0.39, 0.29) is 0 Å². The maximum atomic E-state index is 10.1. The Bertz CT molecular complexity index is 415. The van der Waals surface area contributed by atoms with Gasteiger partial charge in [0.15, 0.2) is 0 Å². The fourth-order valence-corrected chi connectivity index (χ4v) is 2.68. The van der Waals surface area contributed by atoms with Crippen molar-refractivity contribution in [2.24, 2.45) is 5.92 Å². The summed E-state index contributed by atoms with van der Waals surface area (Å²) < 4.78 is 0. The molecule has 1 aliphatic rings. The second-order valence-corrected chi connectivity index (χ2v) is 6.03. The first kappa shape index (κ1) is 15.5. The molecule has 1 unspecified atom stereocenters. The van der Waals surface area contributed by atoms with Gasteiger partial charge in [-0.1, -0.05) is 18.5 Å². The summed E-state index contributed by atoms with van der Waals surface area (Å²) in [5, 5.41) is 13.6. The van der Waals surface area contributed by atoms with Crippen LogP contribution < -0.4 is 5.32 Å². The lowest BCUT2D eigenvalue weighted by atomic mass is 9.99. The Balaban J connectivity index is 1.75. The van der Waals surface area contributed by atoms with Crippen molar-refractivity contribution < 1.29 is 5.11 Å². The molecular formula is C14H23ClN4O. The van der Waals surface area contributed by atoms with Crippen molar-refractivity contribution in [3.8, 4) is 0 Å². The van der Waals surface area contributed by atoms with Crippen molar-refractivity contribution in [3.05, 3.63) is 17.0 Å². The number of aliphatic hydroxyl groups is 1. The Hall–Kier alpha value is -0.910. The molecule has 1 fully saturated rings. The van der Waals surface area contributed by atoms with Gasteiger partial charge < -0.3 is 15.3 Å². The minimum Gasteiger partial charge on any atom is -0.390 e. The van der Waals surface area contributed by atoms with Gasteiger partial charge in [-0.3, -0.25) is 0 Å². The number of hydrogen-bond donors (Lipinski definition) is 2. The first-order valence-corrected chi connectivity index (χ1v) is 7.56. The van der Waals surface area contributed by atoms with E-state index in [0.29, 0.717) is 29.9 Å². The number of anilines is 1. The smallest absolute Gasteiger partial charge is 0.134 e. The number of piperidine rings is 1. The third-order valence-electron chi connectivity index (χ3n) is 3.67. The minimum absolute atomic E-state index is 0.405. The lowest BCUT2D eigenvalue weighted by Gasteiger charge is -2.31. The van der Waals surface area contributed by atoms with Gasteiger partial charge in [0.05, 0.1) is 6.10 Å². The van der Waals surface area contributed by atoms with Gasteiger partial charge in [-0.25, -0.2) is 9.97 Å². The molecule has 1 aliphatic heterocycles. The summed E-state index contributed by atoms with van der Waals surface area (Å²) in [6.45, 7) is 7.42. The van der Waals surface area contributed by atoms with Crippen LogP contribution in [0.2, 0.25) is 5.15 Å². The Kier molecular flexibility index (Phi) is 5.57. The zero-order chi connectivity index (χ0) is 14.5. The van der Waals surface area contributed by atoms with Crippen molar-refractivity contribution in [3.63, 3.8) is 0 Å². The fraction of sp³-hybridized carbons (Fsp3) is 0.714. The van der Waals surface area contributed by atoms with E-state index in [4.69, 9.17) is 11.6 Å². The average molecular weight is 299 g/mol. The van der Waals surface area contributed by atoms with Gasteiger partial charge in [0, 0.05) is 19.2 Å². The van der Waals surface area contributed by atoms with Crippen LogP contribution in [0.4, 0.5) is 5.82 Å². The molecule has 20 heavy (non-hydrogen) atoms. The summed E-state index contributed by atoms with van der Waals surface area (Å²) in [4.78, 5) is 10.6. The van der Waals surface area contributed by atoms with Gasteiger partial charge in [-0.2, -0.15) is 0 Å². The number of aromatic nitrogens is 2. The Morgan fingerprint density at radius 3 is 2.80 bits per heavy atom. The lowest BCUT2D eigenvalue weighted by Crippen LogP contribution is -2.40. The molecule has 112 valence electrons. The van der Waals surface area contributed by atoms with E-state index in [2.05, 4.69) is 27.1 Å². The normalized spacial score (nSPS) is 19.0. The molecule has 1 atom stereocenters. The third-order valence-corrected chi connectivity index (χ3v) is 3.86. The maximum absolute atomic E-state index is 10.1. The van der Waals surface area contributed by atoms with Crippen LogP contribution in [-0.2, 0) is 0 Å². The summed E-state index contributed by atoms with van der Waals surface area (Å²) >= 11 is 5.87. The fourth-order valence-electron chi connectivity index (χ4n) is 2.45. The lowest BCUT2D eigenvalue weighted by molar-refractivity contribution is 0.0989. The molecule has 1 aromatic rings. The van der Waals surface area contributed by atoms with Crippen molar-refractivity contribution >= 4 is 17.4 Å². The molecule has 0 radical (unpaired) electrons. The standard InChI is InChI=1S/C14H23ClN4O/c1-10-3-5-19(6-4-10)9-12(20)8-16-14-7-13(15)17-11(2)18-14/h7,10,12,20H,3-6,8-9H2,1-2H3,(H,16,17,18). The molecule has 1 aromatic heterocycles. The topological polar surface area (TPSA) is 61.3 Å². The Labute approximate surface area is 125 Å². The second-order valence-electron chi connectivity index (χ2n) is 5.64. The van der Waals surface area contributed by atoms with E-state index in [0.717, 1.165) is 19.0 Å². The van der Waals surface area contributed by atoms with Crippen LogP contribution in [0.1, 0.15) is 25.6 Å². The van der Waals surface area contributed by atoms with Gasteiger partial charge in [0.25, 0.3) is 0 Å². The van der Waals surface area contributed by atoms with E-state index in [1.807, 2.05) is 0 Å². The molecule has 0 bridgehead atoms. The van der Waals surface area contributed by atoms with E-state index in [1.165, 1.54) is 12.8 Å². The van der Waals surface area contributed by atoms with Crippen LogP contribution in [0.5, 0.6) is 0 Å². The predicted molar refractivity (Wildman–Crippen MR) is 81.1 cm³/mol. The monoisotopic (exact) mass is 298 g/mol. The first-order valence-electron chi connectivity index (χ1n) is 7.18. The number of rotatable bonds is 5. The Morgan fingerprint density at radius 2 is 2.15 bits per heavy atom. The number of nitrogens with zero attached hydrogens (tertiary/aromatic N) is 3. The van der Waals surface area contributed by atoms with E-state index in [9.17, 15) is 5.11 Å². The zero-order valence-electron chi connectivity index (χ0n) is 12.1. The summed E-state index contributed by atoms with van der Waals surface area (Å²) in [5.74, 6) is 2.10. The van der Waals surface area contributed by atoms with Gasteiger partial charge >= 0.3 is 0 Å². The number of aryl methyl sites for hydroxylation is 1. The zero-order valence-corrected chi connectivity index (χ0v) is 12.9. The molecule has 1 saturated heterocycles. The molecule has 0 saturated carbocycles. The third kappa shape index (κ3) is 4.89. The van der Waals surface area contributed by atoms with E-state index < -0.39 is 6.10 Å². The molecule has 6 heteroatoms. The van der Waals surface area contributed by atoms with Crippen LogP contribution >= 0.6 is 11.6 Å². The molecule has 0 aliphatic carbocycles. The van der Waals surface area contributed by atoms with E-state index >= 15 is 0 Å². The highest BCUT2D eigenvalue weighted by molar-refractivity contribution is 6.29.